The number of benzene rings is 1. The summed E-state index contributed by atoms with van der Waals surface area (Å²) in [6, 6.07) is 8.41. The standard InChI is InChI=1S/C28H42O2/c1-20-4-3-5-22(9-6-20)24-12-14-26(15-13-24)28(29)30-27-18-16-25(17-19-27)23-10-7-21(2)8-11-23/h16-24,26H,3-15H2,1-2H3. The Bertz CT molecular complexity index is 662. The Hall–Kier alpha value is -1.31. The molecular formula is C28H42O2. The molecule has 1 aromatic carbocycles. The van der Waals surface area contributed by atoms with E-state index in [0.29, 0.717) is 5.92 Å². The maximum absolute atomic E-state index is 12.7. The third-order valence-corrected chi connectivity index (χ3v) is 8.66. The number of carbonyl (C=O) groups is 1. The van der Waals surface area contributed by atoms with Gasteiger partial charge in [0.2, 0.25) is 0 Å². The van der Waals surface area contributed by atoms with Crippen molar-refractivity contribution in [2.24, 2.45) is 29.6 Å². The van der Waals surface area contributed by atoms with Gasteiger partial charge in [0, 0.05) is 0 Å². The molecule has 0 saturated heterocycles. The van der Waals surface area contributed by atoms with Crippen molar-refractivity contribution in [3.63, 3.8) is 0 Å². The van der Waals surface area contributed by atoms with Crippen LogP contribution < -0.4 is 4.74 Å². The van der Waals surface area contributed by atoms with Crippen molar-refractivity contribution in [1.82, 2.24) is 0 Å². The maximum Gasteiger partial charge on any atom is 0.314 e. The van der Waals surface area contributed by atoms with Crippen LogP contribution in [-0.2, 0) is 4.79 Å². The summed E-state index contributed by atoms with van der Waals surface area (Å²) in [6.07, 6.45) is 16.8. The summed E-state index contributed by atoms with van der Waals surface area (Å²) < 4.78 is 5.79. The van der Waals surface area contributed by atoms with E-state index in [4.69, 9.17) is 4.74 Å². The molecule has 0 N–H and O–H groups in total. The molecule has 1 aromatic rings. The van der Waals surface area contributed by atoms with Crippen molar-refractivity contribution in [3.05, 3.63) is 29.8 Å². The largest absolute Gasteiger partial charge is 0.426 e. The molecule has 2 nitrogen and oxygen atoms in total. The molecule has 0 amide bonds. The van der Waals surface area contributed by atoms with E-state index in [-0.39, 0.29) is 11.9 Å². The topological polar surface area (TPSA) is 26.3 Å². The van der Waals surface area contributed by atoms with Crippen molar-refractivity contribution < 1.29 is 9.53 Å². The van der Waals surface area contributed by atoms with Gasteiger partial charge < -0.3 is 4.74 Å². The predicted molar refractivity (Wildman–Crippen MR) is 124 cm³/mol. The highest BCUT2D eigenvalue weighted by Crippen LogP contribution is 2.41. The Morgan fingerprint density at radius 2 is 1.27 bits per heavy atom. The van der Waals surface area contributed by atoms with Crippen molar-refractivity contribution >= 4 is 5.97 Å². The lowest BCUT2D eigenvalue weighted by Gasteiger charge is -2.32. The van der Waals surface area contributed by atoms with Crippen LogP contribution >= 0.6 is 0 Å². The zero-order valence-corrected chi connectivity index (χ0v) is 19.3. The molecule has 0 bridgehead atoms. The second-order valence-corrected chi connectivity index (χ2v) is 10.9. The summed E-state index contributed by atoms with van der Waals surface area (Å²) in [7, 11) is 0. The van der Waals surface area contributed by atoms with Gasteiger partial charge in [-0.2, -0.15) is 0 Å². The molecule has 3 aliphatic carbocycles. The van der Waals surface area contributed by atoms with E-state index in [1.54, 1.807) is 0 Å². The van der Waals surface area contributed by atoms with Gasteiger partial charge in [-0.05, 0) is 92.2 Å². The van der Waals surface area contributed by atoms with E-state index < -0.39 is 0 Å². The Kier molecular flexibility index (Phi) is 7.55. The molecule has 166 valence electrons. The normalized spacial score (nSPS) is 35.4. The van der Waals surface area contributed by atoms with E-state index in [9.17, 15) is 4.79 Å². The highest BCUT2D eigenvalue weighted by atomic mass is 16.5. The molecule has 30 heavy (non-hydrogen) atoms. The number of ether oxygens (including phenoxy) is 1. The van der Waals surface area contributed by atoms with E-state index in [1.807, 2.05) is 12.1 Å². The van der Waals surface area contributed by atoms with Crippen LogP contribution in [0, 0.1) is 29.6 Å². The zero-order valence-electron chi connectivity index (χ0n) is 19.3. The molecule has 0 spiro atoms. The zero-order chi connectivity index (χ0) is 20.9. The molecule has 2 unspecified atom stereocenters. The smallest absolute Gasteiger partial charge is 0.314 e. The average Bonchev–Trinajstić information content (AvgIpc) is 2.99. The minimum Gasteiger partial charge on any atom is -0.426 e. The third kappa shape index (κ3) is 5.68. The van der Waals surface area contributed by atoms with Crippen LogP contribution in [0.5, 0.6) is 5.75 Å². The highest BCUT2D eigenvalue weighted by Gasteiger charge is 2.32. The number of rotatable bonds is 4. The maximum atomic E-state index is 12.7. The lowest BCUT2D eigenvalue weighted by Crippen LogP contribution is -2.28. The predicted octanol–water partition coefficient (Wildman–Crippen LogP) is 7.91. The van der Waals surface area contributed by atoms with Crippen molar-refractivity contribution in [2.75, 3.05) is 0 Å². The van der Waals surface area contributed by atoms with E-state index >= 15 is 0 Å². The molecular weight excluding hydrogens is 368 g/mol. The number of carbonyl (C=O) groups excluding carboxylic acids is 1. The summed E-state index contributed by atoms with van der Waals surface area (Å²) in [5, 5.41) is 0. The summed E-state index contributed by atoms with van der Waals surface area (Å²) in [6.45, 7) is 4.78. The van der Waals surface area contributed by atoms with Crippen LogP contribution in [0.3, 0.4) is 0 Å². The van der Waals surface area contributed by atoms with Gasteiger partial charge in [0.15, 0.2) is 0 Å². The Labute approximate surface area is 184 Å². The summed E-state index contributed by atoms with van der Waals surface area (Å²) in [5.74, 6) is 5.06. The third-order valence-electron chi connectivity index (χ3n) is 8.66. The first kappa shape index (κ1) is 21.9. The molecule has 3 aliphatic rings. The highest BCUT2D eigenvalue weighted by molar-refractivity contribution is 5.75. The van der Waals surface area contributed by atoms with Crippen molar-refractivity contribution in [1.29, 1.82) is 0 Å². The van der Waals surface area contributed by atoms with Crippen LogP contribution in [0.4, 0.5) is 0 Å². The van der Waals surface area contributed by atoms with E-state index in [0.717, 1.165) is 42.3 Å². The number of esters is 1. The molecule has 2 heteroatoms. The van der Waals surface area contributed by atoms with Gasteiger partial charge in [0.05, 0.1) is 5.92 Å². The lowest BCUT2D eigenvalue weighted by atomic mass is 9.73. The first-order valence-electron chi connectivity index (χ1n) is 12.9. The first-order valence-corrected chi connectivity index (χ1v) is 12.9. The fraction of sp³-hybridized carbons (Fsp3) is 0.750. The Balaban J connectivity index is 1.24. The van der Waals surface area contributed by atoms with Gasteiger partial charge >= 0.3 is 5.97 Å². The van der Waals surface area contributed by atoms with Crippen LogP contribution in [0.1, 0.15) is 109 Å². The van der Waals surface area contributed by atoms with Gasteiger partial charge in [-0.1, -0.05) is 64.5 Å². The molecule has 3 fully saturated rings. The number of hydrogen-bond acceptors (Lipinski definition) is 2. The minimum atomic E-state index is 0.00202. The van der Waals surface area contributed by atoms with Crippen LogP contribution in [0.25, 0.3) is 0 Å². The Morgan fingerprint density at radius 3 is 1.97 bits per heavy atom. The quantitative estimate of drug-likeness (QED) is 0.286. The molecule has 0 aromatic heterocycles. The molecule has 4 rings (SSSR count). The van der Waals surface area contributed by atoms with Gasteiger partial charge in [-0.15, -0.1) is 0 Å². The first-order chi connectivity index (χ1) is 14.6. The fourth-order valence-corrected chi connectivity index (χ4v) is 6.41. The second kappa shape index (κ2) is 10.3. The fourth-order valence-electron chi connectivity index (χ4n) is 6.41. The second-order valence-electron chi connectivity index (χ2n) is 10.9. The average molecular weight is 411 g/mol. The van der Waals surface area contributed by atoms with Crippen LogP contribution in [-0.4, -0.2) is 5.97 Å². The van der Waals surface area contributed by atoms with Crippen molar-refractivity contribution in [3.8, 4) is 5.75 Å². The van der Waals surface area contributed by atoms with E-state index in [2.05, 4.69) is 26.0 Å². The number of hydrogen-bond donors (Lipinski definition) is 0. The van der Waals surface area contributed by atoms with Crippen LogP contribution in [0.2, 0.25) is 0 Å². The van der Waals surface area contributed by atoms with Gasteiger partial charge in [0.1, 0.15) is 5.75 Å². The van der Waals surface area contributed by atoms with Gasteiger partial charge in [0.25, 0.3) is 0 Å². The van der Waals surface area contributed by atoms with Gasteiger partial charge in [-0.25, -0.2) is 0 Å². The Morgan fingerprint density at radius 1 is 0.700 bits per heavy atom. The van der Waals surface area contributed by atoms with E-state index in [1.165, 1.54) is 76.2 Å². The lowest BCUT2D eigenvalue weighted by molar-refractivity contribution is -0.140. The monoisotopic (exact) mass is 410 g/mol. The summed E-state index contributed by atoms with van der Waals surface area (Å²) >= 11 is 0. The molecule has 3 saturated carbocycles. The SMILES string of the molecule is CC1CCC(c2ccc(OC(=O)C3CCC(C4CCCC(C)CC4)CC3)cc2)CC1. The van der Waals surface area contributed by atoms with Crippen molar-refractivity contribution in [2.45, 2.75) is 103 Å². The summed E-state index contributed by atoms with van der Waals surface area (Å²) in [5.41, 5.74) is 1.42. The molecule has 0 heterocycles. The van der Waals surface area contributed by atoms with Gasteiger partial charge in [-0.3, -0.25) is 4.79 Å². The molecule has 0 aliphatic heterocycles. The summed E-state index contributed by atoms with van der Waals surface area (Å²) in [4.78, 5) is 12.7. The van der Waals surface area contributed by atoms with Crippen LogP contribution in [0.15, 0.2) is 24.3 Å². The minimum absolute atomic E-state index is 0.00202. The molecule has 2 atom stereocenters. The molecule has 0 radical (unpaired) electrons.